The van der Waals surface area contributed by atoms with Crippen LogP contribution in [-0.2, 0) is 4.79 Å². The van der Waals surface area contributed by atoms with E-state index in [0.717, 1.165) is 17.6 Å². The number of benzene rings is 1. The SMILES string of the molecule is Cl.O=C(NCC(=O)N1CCNCC1)c1ccc(Br)cc1. The summed E-state index contributed by atoms with van der Waals surface area (Å²) in [6, 6.07) is 7.03. The highest BCUT2D eigenvalue weighted by Gasteiger charge is 2.16. The zero-order valence-corrected chi connectivity index (χ0v) is 13.3. The minimum Gasteiger partial charge on any atom is -0.343 e. The summed E-state index contributed by atoms with van der Waals surface area (Å²) in [6.45, 7) is 3.08. The van der Waals surface area contributed by atoms with Crippen molar-refractivity contribution in [3.05, 3.63) is 34.3 Å². The highest BCUT2D eigenvalue weighted by Crippen LogP contribution is 2.10. The number of halogens is 2. The molecule has 0 saturated carbocycles. The molecule has 0 bridgehead atoms. The normalized spacial score (nSPS) is 14.3. The van der Waals surface area contributed by atoms with Crippen LogP contribution in [0, 0.1) is 0 Å². The zero-order chi connectivity index (χ0) is 13.7. The molecule has 0 unspecified atom stereocenters. The van der Waals surface area contributed by atoms with Crippen LogP contribution in [0.1, 0.15) is 10.4 Å². The van der Waals surface area contributed by atoms with Gasteiger partial charge in [-0.3, -0.25) is 9.59 Å². The molecule has 1 aliphatic rings. The summed E-state index contributed by atoms with van der Waals surface area (Å²) in [6.07, 6.45) is 0. The lowest BCUT2D eigenvalue weighted by molar-refractivity contribution is -0.130. The molecular weight excluding hydrogens is 346 g/mol. The Kier molecular flexibility index (Phi) is 6.98. The van der Waals surface area contributed by atoms with E-state index in [0.29, 0.717) is 18.7 Å². The first-order valence-electron chi connectivity index (χ1n) is 6.19. The van der Waals surface area contributed by atoms with E-state index >= 15 is 0 Å². The van der Waals surface area contributed by atoms with Gasteiger partial charge >= 0.3 is 0 Å². The number of hydrogen-bond donors (Lipinski definition) is 2. The van der Waals surface area contributed by atoms with Gasteiger partial charge in [0.2, 0.25) is 5.91 Å². The molecule has 0 spiro atoms. The van der Waals surface area contributed by atoms with Gasteiger partial charge in [-0.25, -0.2) is 0 Å². The quantitative estimate of drug-likeness (QED) is 0.844. The third-order valence-electron chi connectivity index (χ3n) is 2.98. The van der Waals surface area contributed by atoms with Crippen LogP contribution < -0.4 is 10.6 Å². The van der Waals surface area contributed by atoms with Gasteiger partial charge < -0.3 is 15.5 Å². The lowest BCUT2D eigenvalue weighted by Gasteiger charge is -2.27. The second-order valence-electron chi connectivity index (χ2n) is 4.32. The Balaban J connectivity index is 0.00000200. The number of amides is 2. The molecule has 1 aromatic carbocycles. The van der Waals surface area contributed by atoms with Crippen LogP contribution >= 0.6 is 28.3 Å². The molecule has 7 heteroatoms. The molecule has 0 aromatic heterocycles. The van der Waals surface area contributed by atoms with Crippen molar-refractivity contribution < 1.29 is 9.59 Å². The van der Waals surface area contributed by atoms with Crippen LogP contribution in [0.25, 0.3) is 0 Å². The Labute approximate surface area is 132 Å². The lowest BCUT2D eigenvalue weighted by Crippen LogP contribution is -2.49. The monoisotopic (exact) mass is 361 g/mol. The van der Waals surface area contributed by atoms with Crippen LogP contribution in [-0.4, -0.2) is 49.4 Å². The second-order valence-corrected chi connectivity index (χ2v) is 5.24. The van der Waals surface area contributed by atoms with Crippen molar-refractivity contribution in [1.29, 1.82) is 0 Å². The van der Waals surface area contributed by atoms with E-state index in [1.807, 2.05) is 0 Å². The molecule has 1 aromatic rings. The summed E-state index contributed by atoms with van der Waals surface area (Å²) in [7, 11) is 0. The zero-order valence-electron chi connectivity index (χ0n) is 10.9. The van der Waals surface area contributed by atoms with Gasteiger partial charge in [-0.1, -0.05) is 15.9 Å². The van der Waals surface area contributed by atoms with E-state index in [1.165, 1.54) is 0 Å². The van der Waals surface area contributed by atoms with E-state index in [1.54, 1.807) is 29.2 Å². The number of rotatable bonds is 3. The summed E-state index contributed by atoms with van der Waals surface area (Å²) in [5.74, 6) is -0.261. The van der Waals surface area contributed by atoms with E-state index < -0.39 is 0 Å². The third kappa shape index (κ3) is 4.77. The third-order valence-corrected chi connectivity index (χ3v) is 3.50. The lowest BCUT2D eigenvalue weighted by atomic mass is 10.2. The number of hydrogen-bond acceptors (Lipinski definition) is 3. The maximum atomic E-state index is 11.9. The van der Waals surface area contributed by atoms with Gasteiger partial charge in [0.1, 0.15) is 0 Å². The number of carbonyl (C=O) groups is 2. The molecule has 0 aliphatic carbocycles. The highest BCUT2D eigenvalue weighted by atomic mass is 79.9. The smallest absolute Gasteiger partial charge is 0.251 e. The standard InChI is InChI=1S/C13H16BrN3O2.ClH/c14-11-3-1-10(2-4-11)13(19)16-9-12(18)17-7-5-15-6-8-17;/h1-4,15H,5-9H2,(H,16,19);1H. The minimum absolute atomic E-state index is 0. The predicted octanol–water partition coefficient (Wildman–Crippen LogP) is 1.03. The Morgan fingerprint density at radius 3 is 2.40 bits per heavy atom. The van der Waals surface area contributed by atoms with E-state index in [4.69, 9.17) is 0 Å². The average molecular weight is 363 g/mol. The highest BCUT2D eigenvalue weighted by molar-refractivity contribution is 9.10. The largest absolute Gasteiger partial charge is 0.343 e. The van der Waals surface area contributed by atoms with Crippen LogP contribution in [0.15, 0.2) is 28.7 Å². The molecule has 1 saturated heterocycles. The summed E-state index contributed by atoms with van der Waals surface area (Å²) in [5, 5.41) is 5.83. The number of nitrogens with one attached hydrogen (secondary N) is 2. The fraction of sp³-hybridized carbons (Fsp3) is 0.385. The van der Waals surface area contributed by atoms with Gasteiger partial charge in [0.05, 0.1) is 6.54 Å². The van der Waals surface area contributed by atoms with Crippen molar-refractivity contribution in [2.24, 2.45) is 0 Å². The van der Waals surface area contributed by atoms with Crippen LogP contribution in [0.5, 0.6) is 0 Å². The Morgan fingerprint density at radius 1 is 1.20 bits per heavy atom. The Morgan fingerprint density at radius 2 is 1.80 bits per heavy atom. The van der Waals surface area contributed by atoms with E-state index in [9.17, 15) is 9.59 Å². The fourth-order valence-electron chi connectivity index (χ4n) is 1.89. The van der Waals surface area contributed by atoms with Gasteiger partial charge in [-0.15, -0.1) is 12.4 Å². The summed E-state index contributed by atoms with van der Waals surface area (Å²) < 4.78 is 0.918. The van der Waals surface area contributed by atoms with Crippen molar-refractivity contribution in [3.63, 3.8) is 0 Å². The molecule has 1 fully saturated rings. The molecular formula is C13H17BrClN3O2. The van der Waals surface area contributed by atoms with Crippen molar-refractivity contribution in [3.8, 4) is 0 Å². The first kappa shape index (κ1) is 16.9. The molecule has 2 amide bonds. The van der Waals surface area contributed by atoms with E-state index in [2.05, 4.69) is 26.6 Å². The summed E-state index contributed by atoms with van der Waals surface area (Å²) in [5.41, 5.74) is 0.552. The Hall–Kier alpha value is -1.11. The van der Waals surface area contributed by atoms with E-state index in [-0.39, 0.29) is 30.8 Å². The first-order chi connectivity index (χ1) is 9.16. The van der Waals surface area contributed by atoms with Crippen molar-refractivity contribution in [1.82, 2.24) is 15.5 Å². The van der Waals surface area contributed by atoms with Crippen molar-refractivity contribution >= 4 is 40.2 Å². The molecule has 2 N–H and O–H groups in total. The molecule has 5 nitrogen and oxygen atoms in total. The number of carbonyl (C=O) groups excluding carboxylic acids is 2. The first-order valence-corrected chi connectivity index (χ1v) is 6.98. The summed E-state index contributed by atoms with van der Waals surface area (Å²) >= 11 is 3.31. The number of piperazine rings is 1. The molecule has 1 heterocycles. The fourth-order valence-corrected chi connectivity index (χ4v) is 2.15. The van der Waals surface area contributed by atoms with Gasteiger partial charge in [0.15, 0.2) is 0 Å². The van der Waals surface area contributed by atoms with Gasteiger partial charge in [0, 0.05) is 36.2 Å². The molecule has 2 rings (SSSR count). The van der Waals surface area contributed by atoms with Gasteiger partial charge in [-0.05, 0) is 24.3 Å². The molecule has 0 atom stereocenters. The molecule has 20 heavy (non-hydrogen) atoms. The Bertz CT molecular complexity index is 461. The minimum atomic E-state index is -0.226. The number of nitrogens with zero attached hydrogens (tertiary/aromatic N) is 1. The maximum Gasteiger partial charge on any atom is 0.251 e. The average Bonchev–Trinajstić information content (AvgIpc) is 2.46. The van der Waals surface area contributed by atoms with Crippen molar-refractivity contribution in [2.75, 3.05) is 32.7 Å². The predicted molar refractivity (Wildman–Crippen MR) is 83.2 cm³/mol. The van der Waals surface area contributed by atoms with Crippen molar-refractivity contribution in [2.45, 2.75) is 0 Å². The maximum absolute atomic E-state index is 11.9. The van der Waals surface area contributed by atoms with Gasteiger partial charge in [-0.2, -0.15) is 0 Å². The molecule has 1 aliphatic heterocycles. The second kappa shape index (κ2) is 8.24. The van der Waals surface area contributed by atoms with Crippen LogP contribution in [0.3, 0.4) is 0 Å². The molecule has 110 valence electrons. The van der Waals surface area contributed by atoms with Crippen LogP contribution in [0.2, 0.25) is 0 Å². The van der Waals surface area contributed by atoms with Crippen LogP contribution in [0.4, 0.5) is 0 Å². The molecule has 0 radical (unpaired) electrons. The van der Waals surface area contributed by atoms with Gasteiger partial charge in [0.25, 0.3) is 5.91 Å². The topological polar surface area (TPSA) is 61.4 Å². The summed E-state index contributed by atoms with van der Waals surface area (Å²) in [4.78, 5) is 25.5.